The first-order valence-electron chi connectivity index (χ1n) is 8.93. The molecule has 1 saturated heterocycles. The van der Waals surface area contributed by atoms with Crippen molar-refractivity contribution in [1.29, 1.82) is 0 Å². The van der Waals surface area contributed by atoms with Crippen LogP contribution in [-0.4, -0.2) is 39.7 Å². The molecule has 1 N–H and O–H groups in total. The smallest absolute Gasteiger partial charge is 0.314 e. The van der Waals surface area contributed by atoms with Crippen molar-refractivity contribution in [2.24, 2.45) is 0 Å². The Balaban J connectivity index is 1.73. The number of benzene rings is 2. The Morgan fingerprint density at radius 3 is 2.39 bits per heavy atom. The summed E-state index contributed by atoms with van der Waals surface area (Å²) in [6.45, 7) is 0.668. The third kappa shape index (κ3) is 4.69. The summed E-state index contributed by atoms with van der Waals surface area (Å²) in [6.07, 6.45) is 1.35. The molecule has 1 aliphatic heterocycles. The predicted molar refractivity (Wildman–Crippen MR) is 107 cm³/mol. The second kappa shape index (κ2) is 8.43. The molecule has 0 aliphatic carbocycles. The quantitative estimate of drug-likeness (QED) is 0.719. The normalized spacial score (nSPS) is 15.3. The zero-order valence-electron chi connectivity index (χ0n) is 15.5. The Labute approximate surface area is 164 Å². The molecule has 3 rings (SSSR count). The second-order valence-corrected chi connectivity index (χ2v) is 8.33. The van der Waals surface area contributed by atoms with E-state index in [9.17, 15) is 18.0 Å². The molecule has 0 bridgehead atoms. The number of nitrogens with zero attached hydrogens (tertiary/aromatic N) is 1. The maximum atomic E-state index is 12.6. The highest BCUT2D eigenvalue weighted by molar-refractivity contribution is 7.92. The SMILES string of the molecule is COC(=O)C(CS(=O)(=O)Nc1ccc(N2CCCC2=O)cc1)c1ccccc1. The summed E-state index contributed by atoms with van der Waals surface area (Å²) >= 11 is 0. The summed E-state index contributed by atoms with van der Waals surface area (Å²) < 4.78 is 32.5. The van der Waals surface area contributed by atoms with Gasteiger partial charge in [0.05, 0.1) is 18.8 Å². The lowest BCUT2D eigenvalue weighted by Gasteiger charge is -2.18. The van der Waals surface area contributed by atoms with E-state index >= 15 is 0 Å². The van der Waals surface area contributed by atoms with Gasteiger partial charge in [0.2, 0.25) is 15.9 Å². The Kier molecular flexibility index (Phi) is 5.99. The Hall–Kier alpha value is -2.87. The Morgan fingerprint density at radius 1 is 1.14 bits per heavy atom. The number of methoxy groups -OCH3 is 1. The van der Waals surface area contributed by atoms with Gasteiger partial charge >= 0.3 is 5.97 Å². The van der Waals surface area contributed by atoms with Crippen LogP contribution >= 0.6 is 0 Å². The summed E-state index contributed by atoms with van der Waals surface area (Å²) in [5.74, 6) is -1.91. The van der Waals surface area contributed by atoms with Gasteiger partial charge in [0, 0.05) is 24.3 Å². The van der Waals surface area contributed by atoms with Crippen molar-refractivity contribution in [1.82, 2.24) is 0 Å². The van der Waals surface area contributed by atoms with E-state index in [1.54, 1.807) is 59.5 Å². The van der Waals surface area contributed by atoms with E-state index < -0.39 is 27.7 Å². The van der Waals surface area contributed by atoms with Gasteiger partial charge in [0.15, 0.2) is 0 Å². The largest absolute Gasteiger partial charge is 0.469 e. The summed E-state index contributed by atoms with van der Waals surface area (Å²) in [5.41, 5.74) is 1.68. The number of ether oxygens (including phenoxy) is 1. The van der Waals surface area contributed by atoms with Gasteiger partial charge in [-0.2, -0.15) is 0 Å². The van der Waals surface area contributed by atoms with Crippen LogP contribution in [0, 0.1) is 0 Å². The van der Waals surface area contributed by atoms with Crippen LogP contribution in [0.5, 0.6) is 0 Å². The lowest BCUT2D eigenvalue weighted by molar-refractivity contribution is -0.141. The van der Waals surface area contributed by atoms with E-state index in [4.69, 9.17) is 4.74 Å². The first kappa shape index (κ1) is 19.9. The molecule has 28 heavy (non-hydrogen) atoms. The molecule has 148 valence electrons. The number of hydrogen-bond acceptors (Lipinski definition) is 5. The average Bonchev–Trinajstić information content (AvgIpc) is 3.12. The molecule has 1 aliphatic rings. The lowest BCUT2D eigenvalue weighted by Crippen LogP contribution is -2.27. The van der Waals surface area contributed by atoms with Crippen molar-refractivity contribution >= 4 is 33.3 Å². The van der Waals surface area contributed by atoms with Crippen molar-refractivity contribution in [2.45, 2.75) is 18.8 Å². The molecular formula is C20H22N2O5S. The molecular weight excluding hydrogens is 380 g/mol. The number of esters is 1. The standard InChI is InChI=1S/C20H22N2O5S/c1-27-20(24)18(15-6-3-2-4-7-15)14-28(25,26)21-16-9-11-17(12-10-16)22-13-5-8-19(22)23/h2-4,6-7,9-12,18,21H,5,8,13-14H2,1H3. The highest BCUT2D eigenvalue weighted by atomic mass is 32.2. The molecule has 1 heterocycles. The van der Waals surface area contributed by atoms with Gasteiger partial charge in [-0.25, -0.2) is 8.42 Å². The molecule has 0 saturated carbocycles. The van der Waals surface area contributed by atoms with Gasteiger partial charge < -0.3 is 9.64 Å². The zero-order valence-corrected chi connectivity index (χ0v) is 16.3. The number of hydrogen-bond donors (Lipinski definition) is 1. The minimum atomic E-state index is -3.81. The number of carbonyl (C=O) groups excluding carboxylic acids is 2. The maximum absolute atomic E-state index is 12.6. The van der Waals surface area contributed by atoms with Crippen LogP contribution in [0.4, 0.5) is 11.4 Å². The van der Waals surface area contributed by atoms with Gasteiger partial charge in [-0.1, -0.05) is 30.3 Å². The van der Waals surface area contributed by atoms with Crippen molar-refractivity contribution in [3.05, 3.63) is 60.2 Å². The summed E-state index contributed by atoms with van der Waals surface area (Å²) in [5, 5.41) is 0. The minimum absolute atomic E-state index is 0.0668. The number of carbonyl (C=O) groups is 2. The van der Waals surface area contributed by atoms with Gasteiger partial charge in [0.25, 0.3) is 0 Å². The van der Waals surface area contributed by atoms with Gasteiger partial charge in [-0.05, 0) is 36.2 Å². The van der Waals surface area contributed by atoms with Crippen molar-refractivity contribution < 1.29 is 22.7 Å². The number of sulfonamides is 1. The van der Waals surface area contributed by atoms with Crippen LogP contribution in [0.1, 0.15) is 24.3 Å². The Morgan fingerprint density at radius 2 is 1.82 bits per heavy atom. The minimum Gasteiger partial charge on any atom is -0.469 e. The lowest BCUT2D eigenvalue weighted by atomic mass is 10.0. The first-order chi connectivity index (χ1) is 13.4. The van der Waals surface area contributed by atoms with Crippen LogP contribution in [0.25, 0.3) is 0 Å². The van der Waals surface area contributed by atoms with Crippen LogP contribution in [0.2, 0.25) is 0 Å². The van der Waals surface area contributed by atoms with Crippen LogP contribution in [-0.2, 0) is 24.3 Å². The number of anilines is 2. The molecule has 2 aromatic rings. The predicted octanol–water partition coefficient (Wildman–Crippen LogP) is 2.51. The third-order valence-electron chi connectivity index (χ3n) is 4.60. The molecule has 1 unspecified atom stereocenters. The van der Waals surface area contributed by atoms with Crippen LogP contribution < -0.4 is 9.62 Å². The monoisotopic (exact) mass is 402 g/mol. The molecule has 1 amide bonds. The molecule has 0 spiro atoms. The topological polar surface area (TPSA) is 92.8 Å². The summed E-state index contributed by atoms with van der Waals surface area (Å²) in [7, 11) is -2.58. The number of amides is 1. The van der Waals surface area contributed by atoms with E-state index in [0.717, 1.165) is 12.1 Å². The summed E-state index contributed by atoms with van der Waals surface area (Å²) in [6, 6.07) is 15.3. The molecule has 7 nitrogen and oxygen atoms in total. The van der Waals surface area contributed by atoms with E-state index in [0.29, 0.717) is 24.2 Å². The fourth-order valence-corrected chi connectivity index (χ4v) is 4.55. The highest BCUT2D eigenvalue weighted by Crippen LogP contribution is 2.25. The van der Waals surface area contributed by atoms with Crippen molar-refractivity contribution in [3.63, 3.8) is 0 Å². The highest BCUT2D eigenvalue weighted by Gasteiger charge is 2.28. The van der Waals surface area contributed by atoms with Crippen LogP contribution in [0.15, 0.2) is 54.6 Å². The van der Waals surface area contributed by atoms with Crippen LogP contribution in [0.3, 0.4) is 0 Å². The average molecular weight is 402 g/mol. The number of rotatable bonds is 7. The fourth-order valence-electron chi connectivity index (χ4n) is 3.20. The molecule has 2 aromatic carbocycles. The zero-order chi connectivity index (χ0) is 20.1. The molecule has 8 heteroatoms. The van der Waals surface area contributed by atoms with E-state index in [1.165, 1.54) is 7.11 Å². The molecule has 0 radical (unpaired) electrons. The van der Waals surface area contributed by atoms with Gasteiger partial charge in [0.1, 0.15) is 0 Å². The van der Waals surface area contributed by atoms with E-state index in [1.807, 2.05) is 0 Å². The molecule has 1 atom stereocenters. The van der Waals surface area contributed by atoms with Gasteiger partial charge in [-0.3, -0.25) is 14.3 Å². The van der Waals surface area contributed by atoms with Gasteiger partial charge in [-0.15, -0.1) is 0 Å². The van der Waals surface area contributed by atoms with E-state index in [-0.39, 0.29) is 5.91 Å². The third-order valence-corrected chi connectivity index (χ3v) is 5.92. The van der Waals surface area contributed by atoms with E-state index in [2.05, 4.69) is 4.72 Å². The maximum Gasteiger partial charge on any atom is 0.314 e. The Bertz CT molecular complexity index is 942. The fraction of sp³-hybridized carbons (Fsp3) is 0.300. The van der Waals surface area contributed by atoms with Crippen molar-refractivity contribution in [2.75, 3.05) is 29.0 Å². The molecule has 0 aromatic heterocycles. The van der Waals surface area contributed by atoms with Crippen molar-refractivity contribution in [3.8, 4) is 0 Å². The number of nitrogens with one attached hydrogen (secondary N) is 1. The molecule has 1 fully saturated rings. The second-order valence-electron chi connectivity index (χ2n) is 6.57. The summed E-state index contributed by atoms with van der Waals surface area (Å²) in [4.78, 5) is 25.6. The first-order valence-corrected chi connectivity index (χ1v) is 10.6.